The average molecular weight is 638 g/mol. The van der Waals surface area contributed by atoms with E-state index in [9.17, 15) is 24.0 Å². The van der Waals surface area contributed by atoms with Crippen molar-refractivity contribution in [2.75, 3.05) is 16.4 Å². The summed E-state index contributed by atoms with van der Waals surface area (Å²) in [5.74, 6) is -1.77. The number of hydrogen-bond acceptors (Lipinski definition) is 6. The van der Waals surface area contributed by atoms with Gasteiger partial charge in [0.05, 0.1) is 17.0 Å². The third kappa shape index (κ3) is 7.11. The molecule has 0 spiro atoms. The monoisotopic (exact) mass is 637 g/mol. The van der Waals surface area contributed by atoms with Gasteiger partial charge in [0.2, 0.25) is 5.91 Å². The standard InChI is InChI=1S/C38H27N3O5S/c42-33(40-31-17-9-16-30-34(31)36(44)29-15-8-7-14-28(29)35(30)43)23-47-27-20-18-26(19-21-27)39-38(46)32(22-24-10-3-1-4-11-24)41-37(45)25-12-5-2-6-13-25/h1-22H,23H2,(H,39,46)(H,40,42)(H,41,45)/b32-22-. The normalized spacial score (nSPS) is 12.0. The highest BCUT2D eigenvalue weighted by atomic mass is 32.2. The molecule has 0 bridgehead atoms. The van der Waals surface area contributed by atoms with Gasteiger partial charge in [-0.05, 0) is 54.1 Å². The van der Waals surface area contributed by atoms with Gasteiger partial charge in [0.1, 0.15) is 5.70 Å². The minimum Gasteiger partial charge on any atom is -0.325 e. The fraction of sp³-hybridized carbons (Fsp3) is 0.0263. The van der Waals surface area contributed by atoms with E-state index in [1.54, 1.807) is 103 Å². The number of carbonyl (C=O) groups excluding carboxylic acids is 5. The van der Waals surface area contributed by atoms with E-state index >= 15 is 0 Å². The van der Waals surface area contributed by atoms with Crippen molar-refractivity contribution in [2.24, 2.45) is 0 Å². The summed E-state index contributed by atoms with van der Waals surface area (Å²) in [4.78, 5) is 66.0. The summed E-state index contributed by atoms with van der Waals surface area (Å²) in [7, 11) is 0. The first kappa shape index (κ1) is 30.9. The molecule has 9 heteroatoms. The van der Waals surface area contributed by atoms with Gasteiger partial charge in [0.15, 0.2) is 11.6 Å². The van der Waals surface area contributed by atoms with Crippen LogP contribution in [0.4, 0.5) is 11.4 Å². The molecule has 0 aliphatic heterocycles. The largest absolute Gasteiger partial charge is 0.325 e. The van der Waals surface area contributed by atoms with Crippen LogP contribution in [-0.4, -0.2) is 35.0 Å². The number of hydrogen-bond donors (Lipinski definition) is 3. The van der Waals surface area contributed by atoms with Gasteiger partial charge in [0.25, 0.3) is 11.8 Å². The first-order valence-corrected chi connectivity index (χ1v) is 15.6. The molecule has 0 saturated heterocycles. The van der Waals surface area contributed by atoms with E-state index < -0.39 is 11.8 Å². The number of ketones is 2. The fourth-order valence-electron chi connectivity index (χ4n) is 5.08. The molecule has 0 aromatic heterocycles. The molecule has 0 heterocycles. The molecule has 47 heavy (non-hydrogen) atoms. The second-order valence-corrected chi connectivity index (χ2v) is 11.6. The van der Waals surface area contributed by atoms with Gasteiger partial charge in [-0.1, -0.05) is 84.9 Å². The number of carbonyl (C=O) groups is 5. The first-order valence-electron chi connectivity index (χ1n) is 14.7. The Morgan fingerprint density at radius 3 is 1.94 bits per heavy atom. The van der Waals surface area contributed by atoms with Crippen molar-refractivity contribution in [1.29, 1.82) is 0 Å². The summed E-state index contributed by atoms with van der Waals surface area (Å²) in [5, 5.41) is 8.32. The lowest BCUT2D eigenvalue weighted by Gasteiger charge is -2.20. The Balaban J connectivity index is 1.09. The van der Waals surface area contributed by atoms with Crippen molar-refractivity contribution in [3.05, 3.63) is 166 Å². The Labute approximate surface area is 274 Å². The molecule has 3 N–H and O–H groups in total. The van der Waals surface area contributed by atoms with Crippen LogP contribution in [0, 0.1) is 0 Å². The minimum absolute atomic E-state index is 0.0452. The van der Waals surface area contributed by atoms with Crippen molar-refractivity contribution in [3.8, 4) is 0 Å². The van der Waals surface area contributed by atoms with Gasteiger partial charge in [-0.2, -0.15) is 0 Å². The molecule has 0 saturated carbocycles. The van der Waals surface area contributed by atoms with Gasteiger partial charge in [-0.25, -0.2) is 0 Å². The summed E-state index contributed by atoms with van der Waals surface area (Å²) in [6, 6.07) is 36.2. The van der Waals surface area contributed by atoms with Crippen LogP contribution in [0.5, 0.6) is 0 Å². The maximum absolute atomic E-state index is 13.3. The third-order valence-electron chi connectivity index (χ3n) is 7.35. The van der Waals surface area contributed by atoms with Gasteiger partial charge >= 0.3 is 0 Å². The maximum atomic E-state index is 13.3. The number of nitrogens with one attached hydrogen (secondary N) is 3. The number of anilines is 2. The van der Waals surface area contributed by atoms with Crippen LogP contribution < -0.4 is 16.0 Å². The van der Waals surface area contributed by atoms with Gasteiger partial charge in [-0.15, -0.1) is 11.8 Å². The van der Waals surface area contributed by atoms with Crippen molar-refractivity contribution in [2.45, 2.75) is 4.90 Å². The Hall–Kier alpha value is -6.06. The number of fused-ring (bicyclic) bond motifs is 2. The lowest BCUT2D eigenvalue weighted by molar-refractivity contribution is -0.114. The fourth-order valence-corrected chi connectivity index (χ4v) is 5.77. The quantitative estimate of drug-likeness (QED) is 0.121. The van der Waals surface area contributed by atoms with Crippen molar-refractivity contribution < 1.29 is 24.0 Å². The van der Waals surface area contributed by atoms with Crippen LogP contribution in [0.1, 0.15) is 47.8 Å². The molecule has 1 aliphatic carbocycles. The van der Waals surface area contributed by atoms with Crippen LogP contribution in [0.15, 0.2) is 138 Å². The molecule has 5 aromatic rings. The summed E-state index contributed by atoms with van der Waals surface area (Å²) in [5.41, 5.74) is 3.14. The smallest absolute Gasteiger partial charge is 0.272 e. The van der Waals surface area contributed by atoms with Gasteiger partial charge in [-0.3, -0.25) is 24.0 Å². The van der Waals surface area contributed by atoms with Crippen LogP contribution in [0.25, 0.3) is 6.08 Å². The highest BCUT2D eigenvalue weighted by molar-refractivity contribution is 8.00. The van der Waals surface area contributed by atoms with Gasteiger partial charge in [0, 0.05) is 32.8 Å². The van der Waals surface area contributed by atoms with Crippen LogP contribution in [0.3, 0.4) is 0 Å². The summed E-state index contributed by atoms with van der Waals surface area (Å²) in [6.07, 6.45) is 1.60. The van der Waals surface area contributed by atoms with Crippen LogP contribution >= 0.6 is 11.8 Å². The van der Waals surface area contributed by atoms with E-state index in [0.717, 1.165) is 10.5 Å². The van der Waals surface area contributed by atoms with E-state index in [2.05, 4.69) is 16.0 Å². The Morgan fingerprint density at radius 1 is 0.617 bits per heavy atom. The van der Waals surface area contributed by atoms with E-state index in [-0.39, 0.29) is 45.7 Å². The minimum atomic E-state index is -0.500. The zero-order valence-electron chi connectivity index (χ0n) is 24.9. The second-order valence-electron chi connectivity index (χ2n) is 10.5. The number of benzene rings is 5. The highest BCUT2D eigenvalue weighted by Gasteiger charge is 2.31. The van der Waals surface area contributed by atoms with Crippen molar-refractivity contribution in [3.63, 3.8) is 0 Å². The molecule has 0 unspecified atom stereocenters. The molecule has 5 aromatic carbocycles. The summed E-state index contributed by atoms with van der Waals surface area (Å²) < 4.78 is 0. The number of amides is 3. The molecular formula is C38H27N3O5S. The van der Waals surface area contributed by atoms with E-state index in [1.165, 1.54) is 11.8 Å². The first-order chi connectivity index (χ1) is 22.9. The summed E-state index contributed by atoms with van der Waals surface area (Å²) >= 11 is 1.27. The van der Waals surface area contributed by atoms with Crippen molar-refractivity contribution >= 4 is 58.5 Å². The molecule has 8 nitrogen and oxygen atoms in total. The SMILES string of the molecule is O=C(CSc1ccc(NC(=O)/C(=C/c2ccccc2)NC(=O)c2ccccc2)cc1)Nc1cccc2c1C(=O)c1ccccc1C2=O. The molecule has 6 rings (SSSR count). The molecule has 0 fully saturated rings. The second kappa shape index (κ2) is 13.9. The number of rotatable bonds is 9. The molecule has 1 aliphatic rings. The lowest BCUT2D eigenvalue weighted by atomic mass is 9.83. The lowest BCUT2D eigenvalue weighted by Crippen LogP contribution is -2.30. The Bertz CT molecular complexity index is 2040. The highest BCUT2D eigenvalue weighted by Crippen LogP contribution is 2.32. The zero-order valence-corrected chi connectivity index (χ0v) is 25.7. The third-order valence-corrected chi connectivity index (χ3v) is 8.36. The van der Waals surface area contributed by atoms with Crippen LogP contribution in [0.2, 0.25) is 0 Å². The molecule has 3 amide bonds. The Kier molecular flexibility index (Phi) is 9.17. The molecule has 230 valence electrons. The molecule has 0 atom stereocenters. The molecule has 0 radical (unpaired) electrons. The van der Waals surface area contributed by atoms with Crippen LogP contribution in [-0.2, 0) is 9.59 Å². The van der Waals surface area contributed by atoms with E-state index in [0.29, 0.717) is 22.4 Å². The summed E-state index contributed by atoms with van der Waals surface area (Å²) in [6.45, 7) is 0. The van der Waals surface area contributed by atoms with Gasteiger partial charge < -0.3 is 16.0 Å². The predicted molar refractivity (Wildman–Crippen MR) is 183 cm³/mol. The Morgan fingerprint density at radius 2 is 1.23 bits per heavy atom. The average Bonchev–Trinajstić information content (AvgIpc) is 3.10. The maximum Gasteiger partial charge on any atom is 0.272 e. The number of thioether (sulfide) groups is 1. The van der Waals surface area contributed by atoms with E-state index in [1.807, 2.05) is 30.3 Å². The predicted octanol–water partition coefficient (Wildman–Crippen LogP) is 6.60. The topological polar surface area (TPSA) is 121 Å². The molecular weight excluding hydrogens is 611 g/mol. The zero-order chi connectivity index (χ0) is 32.8. The van der Waals surface area contributed by atoms with E-state index in [4.69, 9.17) is 0 Å². The van der Waals surface area contributed by atoms with Crippen molar-refractivity contribution in [1.82, 2.24) is 5.32 Å².